The monoisotopic (exact) mass is 296 g/mol. The van der Waals surface area contributed by atoms with Crippen molar-refractivity contribution in [2.24, 2.45) is 5.41 Å². The largest absolute Gasteiger partial charge is 0.396 e. The maximum Gasteiger partial charge on any atom is 0.236 e. The van der Waals surface area contributed by atoms with Gasteiger partial charge in [0.05, 0.1) is 6.54 Å². The van der Waals surface area contributed by atoms with Crippen LogP contribution in [0, 0.1) is 5.41 Å². The Morgan fingerprint density at radius 1 is 1.55 bits per heavy atom. The van der Waals surface area contributed by atoms with Gasteiger partial charge in [-0.15, -0.1) is 11.3 Å². The molecule has 1 amide bonds. The number of aliphatic hydroxyl groups is 1. The molecule has 0 aliphatic carbocycles. The van der Waals surface area contributed by atoms with E-state index in [1.54, 1.807) is 11.3 Å². The SMILES string of the molecule is CC(C)(CCO)CNCC(=O)N1CCc2sccc2C1. The van der Waals surface area contributed by atoms with Crippen LogP contribution in [-0.2, 0) is 17.8 Å². The van der Waals surface area contributed by atoms with E-state index in [1.807, 2.05) is 4.90 Å². The van der Waals surface area contributed by atoms with Crippen molar-refractivity contribution < 1.29 is 9.90 Å². The number of rotatable bonds is 6. The van der Waals surface area contributed by atoms with Crippen molar-refractivity contribution in [3.63, 3.8) is 0 Å². The summed E-state index contributed by atoms with van der Waals surface area (Å²) in [5.41, 5.74) is 1.33. The lowest BCUT2D eigenvalue weighted by molar-refractivity contribution is -0.131. The molecule has 4 nitrogen and oxygen atoms in total. The highest BCUT2D eigenvalue weighted by Gasteiger charge is 2.22. The molecule has 0 spiro atoms. The van der Waals surface area contributed by atoms with Gasteiger partial charge in [0, 0.05) is 31.1 Å². The molecular weight excluding hydrogens is 272 g/mol. The number of thiophene rings is 1. The van der Waals surface area contributed by atoms with Crippen molar-refractivity contribution in [1.82, 2.24) is 10.2 Å². The molecule has 0 saturated carbocycles. The van der Waals surface area contributed by atoms with Crippen molar-refractivity contribution in [3.8, 4) is 0 Å². The summed E-state index contributed by atoms with van der Waals surface area (Å²) in [6, 6.07) is 2.12. The van der Waals surface area contributed by atoms with Crippen molar-refractivity contribution in [3.05, 3.63) is 21.9 Å². The Kier molecular flexibility index (Phi) is 5.18. The summed E-state index contributed by atoms with van der Waals surface area (Å²) in [6.07, 6.45) is 1.73. The molecule has 0 aromatic carbocycles. The van der Waals surface area contributed by atoms with E-state index < -0.39 is 0 Å². The van der Waals surface area contributed by atoms with Gasteiger partial charge in [-0.1, -0.05) is 13.8 Å². The van der Waals surface area contributed by atoms with E-state index in [2.05, 4.69) is 30.6 Å². The minimum absolute atomic E-state index is 0.0253. The molecule has 0 radical (unpaired) electrons. The molecule has 1 aromatic rings. The predicted molar refractivity (Wildman–Crippen MR) is 81.8 cm³/mol. The summed E-state index contributed by atoms with van der Waals surface area (Å²) in [5, 5.41) is 14.3. The number of hydrogen-bond donors (Lipinski definition) is 2. The quantitative estimate of drug-likeness (QED) is 0.839. The second-order valence-corrected chi connectivity index (χ2v) is 7.18. The molecule has 0 unspecified atom stereocenters. The summed E-state index contributed by atoms with van der Waals surface area (Å²) >= 11 is 1.79. The van der Waals surface area contributed by atoms with E-state index in [9.17, 15) is 4.79 Å². The Labute approximate surface area is 124 Å². The first kappa shape index (κ1) is 15.5. The van der Waals surface area contributed by atoms with Crippen LogP contribution in [0.5, 0.6) is 0 Å². The van der Waals surface area contributed by atoms with Crippen molar-refractivity contribution in [2.45, 2.75) is 33.2 Å². The van der Waals surface area contributed by atoms with Crippen molar-refractivity contribution in [1.29, 1.82) is 0 Å². The van der Waals surface area contributed by atoms with E-state index in [0.29, 0.717) is 6.54 Å². The van der Waals surface area contributed by atoms with Crippen LogP contribution in [0.4, 0.5) is 0 Å². The first-order valence-electron chi connectivity index (χ1n) is 7.16. The summed E-state index contributed by atoms with van der Waals surface area (Å²) in [7, 11) is 0. The molecule has 2 N–H and O–H groups in total. The molecule has 1 aliphatic heterocycles. The second-order valence-electron chi connectivity index (χ2n) is 6.18. The number of carbonyl (C=O) groups is 1. The topological polar surface area (TPSA) is 52.6 Å². The lowest BCUT2D eigenvalue weighted by atomic mass is 9.90. The maximum absolute atomic E-state index is 12.2. The predicted octanol–water partition coefficient (Wildman–Crippen LogP) is 1.63. The number of amides is 1. The molecule has 2 heterocycles. The van der Waals surface area contributed by atoms with Gasteiger partial charge in [-0.3, -0.25) is 4.79 Å². The average molecular weight is 296 g/mol. The highest BCUT2D eigenvalue weighted by Crippen LogP contribution is 2.24. The van der Waals surface area contributed by atoms with Gasteiger partial charge in [0.25, 0.3) is 0 Å². The summed E-state index contributed by atoms with van der Waals surface area (Å²) in [6.45, 7) is 7.09. The van der Waals surface area contributed by atoms with Crippen molar-refractivity contribution >= 4 is 17.2 Å². The van der Waals surface area contributed by atoms with E-state index in [-0.39, 0.29) is 17.9 Å². The number of aliphatic hydroxyl groups excluding tert-OH is 1. The lowest BCUT2D eigenvalue weighted by Gasteiger charge is -2.28. The van der Waals surface area contributed by atoms with Crippen LogP contribution >= 0.6 is 11.3 Å². The third kappa shape index (κ3) is 4.04. The Morgan fingerprint density at radius 3 is 3.10 bits per heavy atom. The molecule has 0 fully saturated rings. The van der Waals surface area contributed by atoms with Gasteiger partial charge < -0.3 is 15.3 Å². The maximum atomic E-state index is 12.2. The number of fused-ring (bicyclic) bond motifs is 1. The van der Waals surface area contributed by atoms with Gasteiger partial charge in [-0.25, -0.2) is 0 Å². The van der Waals surface area contributed by atoms with Gasteiger partial charge in [-0.05, 0) is 35.3 Å². The van der Waals surface area contributed by atoms with Gasteiger partial charge in [-0.2, -0.15) is 0 Å². The lowest BCUT2D eigenvalue weighted by Crippen LogP contribution is -2.42. The number of nitrogens with zero attached hydrogens (tertiary/aromatic N) is 1. The molecule has 0 saturated heterocycles. The van der Waals surface area contributed by atoms with Crippen LogP contribution in [0.15, 0.2) is 11.4 Å². The molecular formula is C15H24N2O2S. The van der Waals surface area contributed by atoms with Crippen LogP contribution in [-0.4, -0.2) is 42.2 Å². The molecule has 20 heavy (non-hydrogen) atoms. The molecule has 0 bridgehead atoms. The average Bonchev–Trinajstić information content (AvgIpc) is 2.85. The third-order valence-corrected chi connectivity index (χ3v) is 4.85. The molecule has 5 heteroatoms. The Morgan fingerprint density at radius 2 is 2.35 bits per heavy atom. The summed E-state index contributed by atoms with van der Waals surface area (Å²) in [5.74, 6) is 0.168. The van der Waals surface area contributed by atoms with Crippen molar-refractivity contribution in [2.75, 3.05) is 26.2 Å². The van der Waals surface area contributed by atoms with E-state index in [4.69, 9.17) is 5.11 Å². The molecule has 112 valence electrons. The van der Waals surface area contributed by atoms with Crippen LogP contribution in [0.2, 0.25) is 0 Å². The van der Waals surface area contributed by atoms with E-state index in [0.717, 1.165) is 32.5 Å². The fourth-order valence-electron chi connectivity index (χ4n) is 2.47. The normalized spacial score (nSPS) is 15.2. The van der Waals surface area contributed by atoms with Gasteiger partial charge in [0.15, 0.2) is 0 Å². The second kappa shape index (κ2) is 6.70. The smallest absolute Gasteiger partial charge is 0.236 e. The van der Waals surface area contributed by atoms with Gasteiger partial charge in [0.2, 0.25) is 5.91 Å². The molecule has 1 aromatic heterocycles. The minimum atomic E-state index is 0.0253. The minimum Gasteiger partial charge on any atom is -0.396 e. The zero-order valence-corrected chi connectivity index (χ0v) is 13.1. The zero-order chi connectivity index (χ0) is 14.6. The summed E-state index contributed by atoms with van der Waals surface area (Å²) < 4.78 is 0. The Bertz CT molecular complexity index is 456. The number of carbonyl (C=O) groups excluding carboxylic acids is 1. The number of nitrogens with one attached hydrogen (secondary N) is 1. The van der Waals surface area contributed by atoms with Gasteiger partial charge >= 0.3 is 0 Å². The molecule has 2 rings (SSSR count). The summed E-state index contributed by atoms with van der Waals surface area (Å²) in [4.78, 5) is 15.5. The Balaban J connectivity index is 1.76. The van der Waals surface area contributed by atoms with Crippen LogP contribution in [0.3, 0.4) is 0 Å². The first-order chi connectivity index (χ1) is 9.52. The standard InChI is InChI=1S/C15H24N2O2S/c1-15(2,5-7-18)11-16-9-14(19)17-6-3-13-12(10-17)4-8-20-13/h4,8,16,18H,3,5-7,9-11H2,1-2H3. The van der Waals surface area contributed by atoms with Crippen LogP contribution in [0.25, 0.3) is 0 Å². The first-order valence-corrected chi connectivity index (χ1v) is 8.04. The van der Waals surface area contributed by atoms with Crippen LogP contribution < -0.4 is 5.32 Å². The highest BCUT2D eigenvalue weighted by molar-refractivity contribution is 7.10. The fourth-order valence-corrected chi connectivity index (χ4v) is 3.36. The highest BCUT2D eigenvalue weighted by atomic mass is 32.1. The van der Waals surface area contributed by atoms with E-state index in [1.165, 1.54) is 10.4 Å². The van der Waals surface area contributed by atoms with Crippen LogP contribution in [0.1, 0.15) is 30.7 Å². The zero-order valence-electron chi connectivity index (χ0n) is 12.3. The molecule has 1 aliphatic rings. The fraction of sp³-hybridized carbons (Fsp3) is 0.667. The van der Waals surface area contributed by atoms with Gasteiger partial charge in [0.1, 0.15) is 0 Å². The van der Waals surface area contributed by atoms with E-state index >= 15 is 0 Å². The Hall–Kier alpha value is -0.910. The molecule has 0 atom stereocenters. The number of hydrogen-bond acceptors (Lipinski definition) is 4. The third-order valence-electron chi connectivity index (χ3n) is 3.83.